The van der Waals surface area contributed by atoms with Gasteiger partial charge in [0.05, 0.1) is 5.70 Å². The van der Waals surface area contributed by atoms with Crippen molar-refractivity contribution in [1.29, 1.82) is 0 Å². The van der Waals surface area contributed by atoms with Crippen molar-refractivity contribution in [1.82, 2.24) is 0 Å². The molecule has 0 aromatic heterocycles. The Labute approximate surface area is 125 Å². The molecule has 1 heterocycles. The zero-order chi connectivity index (χ0) is 14.8. The Morgan fingerprint density at radius 2 is 1.62 bits per heavy atom. The number of allylic oxidation sites excluding steroid dienone is 1. The van der Waals surface area contributed by atoms with Crippen LogP contribution in [0.1, 0.15) is 23.6 Å². The van der Waals surface area contributed by atoms with Crippen molar-refractivity contribution in [2.24, 2.45) is 10.2 Å². The molecular formula is C18H19N3. The SMILES string of the molecule is CN=N/C1=C(\C)c2ccccc2CN(C)c2ccccc21. The van der Waals surface area contributed by atoms with E-state index in [0.717, 1.165) is 17.8 Å². The van der Waals surface area contributed by atoms with Gasteiger partial charge in [0.15, 0.2) is 0 Å². The lowest BCUT2D eigenvalue weighted by molar-refractivity contribution is 0.913. The molecule has 2 aromatic carbocycles. The molecular weight excluding hydrogens is 258 g/mol. The smallest absolute Gasteiger partial charge is 0.0980 e. The Kier molecular flexibility index (Phi) is 3.57. The van der Waals surface area contributed by atoms with Crippen LogP contribution < -0.4 is 4.90 Å². The highest BCUT2D eigenvalue weighted by molar-refractivity contribution is 5.94. The van der Waals surface area contributed by atoms with Crippen LogP contribution in [-0.4, -0.2) is 14.1 Å². The van der Waals surface area contributed by atoms with E-state index in [-0.39, 0.29) is 0 Å². The fraction of sp³-hybridized carbons (Fsp3) is 0.222. The number of azo groups is 1. The van der Waals surface area contributed by atoms with Crippen molar-refractivity contribution >= 4 is 17.0 Å². The lowest BCUT2D eigenvalue weighted by Crippen LogP contribution is -2.20. The van der Waals surface area contributed by atoms with Crippen LogP contribution in [0.25, 0.3) is 11.3 Å². The molecule has 3 rings (SSSR count). The van der Waals surface area contributed by atoms with Crippen LogP contribution >= 0.6 is 0 Å². The molecule has 21 heavy (non-hydrogen) atoms. The molecule has 0 saturated heterocycles. The third-order valence-electron chi connectivity index (χ3n) is 3.95. The first kappa shape index (κ1) is 13.6. The number of benzene rings is 2. The number of para-hydroxylation sites is 1. The number of nitrogens with zero attached hydrogens (tertiary/aromatic N) is 3. The Morgan fingerprint density at radius 1 is 0.952 bits per heavy atom. The van der Waals surface area contributed by atoms with Gasteiger partial charge in [-0.25, -0.2) is 0 Å². The van der Waals surface area contributed by atoms with Crippen molar-refractivity contribution in [3.05, 3.63) is 65.2 Å². The van der Waals surface area contributed by atoms with Gasteiger partial charge >= 0.3 is 0 Å². The monoisotopic (exact) mass is 277 g/mol. The Balaban J connectivity index is 2.35. The number of hydrogen-bond acceptors (Lipinski definition) is 3. The van der Waals surface area contributed by atoms with Gasteiger partial charge in [-0.2, -0.15) is 10.2 Å². The van der Waals surface area contributed by atoms with Gasteiger partial charge in [0.1, 0.15) is 0 Å². The maximum atomic E-state index is 4.42. The van der Waals surface area contributed by atoms with Gasteiger partial charge in [-0.3, -0.25) is 0 Å². The summed E-state index contributed by atoms with van der Waals surface area (Å²) in [6.45, 7) is 3.02. The summed E-state index contributed by atoms with van der Waals surface area (Å²) in [5.74, 6) is 0. The highest BCUT2D eigenvalue weighted by Gasteiger charge is 2.19. The summed E-state index contributed by atoms with van der Waals surface area (Å²) in [6, 6.07) is 16.9. The minimum Gasteiger partial charge on any atom is -0.370 e. The zero-order valence-corrected chi connectivity index (χ0v) is 12.7. The molecule has 0 radical (unpaired) electrons. The summed E-state index contributed by atoms with van der Waals surface area (Å²) in [5, 5.41) is 8.45. The molecule has 0 saturated carbocycles. The molecule has 0 N–H and O–H groups in total. The van der Waals surface area contributed by atoms with Crippen LogP contribution in [0.5, 0.6) is 0 Å². The van der Waals surface area contributed by atoms with Crippen molar-refractivity contribution in [2.75, 3.05) is 19.0 Å². The Hall–Kier alpha value is -2.42. The molecule has 1 aliphatic heterocycles. The number of hydrogen-bond donors (Lipinski definition) is 0. The largest absolute Gasteiger partial charge is 0.370 e. The normalized spacial score (nSPS) is 18.1. The molecule has 3 nitrogen and oxygen atoms in total. The third kappa shape index (κ3) is 2.35. The van der Waals surface area contributed by atoms with E-state index in [1.54, 1.807) is 7.05 Å². The van der Waals surface area contributed by atoms with Crippen LogP contribution in [0.4, 0.5) is 5.69 Å². The summed E-state index contributed by atoms with van der Waals surface area (Å²) in [7, 11) is 3.84. The number of anilines is 1. The predicted octanol–water partition coefficient (Wildman–Crippen LogP) is 4.61. The van der Waals surface area contributed by atoms with Crippen molar-refractivity contribution < 1.29 is 0 Å². The van der Waals surface area contributed by atoms with E-state index < -0.39 is 0 Å². The van der Waals surface area contributed by atoms with Crippen LogP contribution in [0.3, 0.4) is 0 Å². The van der Waals surface area contributed by atoms with Gasteiger partial charge in [0.2, 0.25) is 0 Å². The second-order valence-corrected chi connectivity index (χ2v) is 5.30. The first-order valence-corrected chi connectivity index (χ1v) is 7.12. The maximum absolute atomic E-state index is 4.42. The minimum atomic E-state index is 0.890. The van der Waals surface area contributed by atoms with Crippen molar-refractivity contribution in [3.8, 4) is 0 Å². The van der Waals surface area contributed by atoms with Gasteiger partial charge in [-0.1, -0.05) is 42.5 Å². The molecule has 0 spiro atoms. The maximum Gasteiger partial charge on any atom is 0.0980 e. The minimum absolute atomic E-state index is 0.890. The highest BCUT2D eigenvalue weighted by atomic mass is 15.1. The van der Waals surface area contributed by atoms with Gasteiger partial charge in [-0.05, 0) is 29.7 Å². The van der Waals surface area contributed by atoms with E-state index >= 15 is 0 Å². The first-order valence-electron chi connectivity index (χ1n) is 7.12. The summed E-state index contributed by atoms with van der Waals surface area (Å²) >= 11 is 0. The van der Waals surface area contributed by atoms with Gasteiger partial charge < -0.3 is 4.90 Å². The van der Waals surface area contributed by atoms with E-state index in [0.29, 0.717) is 0 Å². The lowest BCUT2D eigenvalue weighted by atomic mass is 9.93. The van der Waals surface area contributed by atoms with Crippen LogP contribution in [-0.2, 0) is 6.54 Å². The number of fused-ring (bicyclic) bond motifs is 2. The average molecular weight is 277 g/mol. The summed E-state index contributed by atoms with van der Waals surface area (Å²) < 4.78 is 0. The molecule has 106 valence electrons. The second kappa shape index (κ2) is 5.52. The van der Waals surface area contributed by atoms with Crippen LogP contribution in [0.15, 0.2) is 58.8 Å². The van der Waals surface area contributed by atoms with Gasteiger partial charge in [-0.15, -0.1) is 0 Å². The molecule has 1 aliphatic rings. The molecule has 0 aliphatic carbocycles. The molecule has 0 bridgehead atoms. The summed E-state index contributed by atoms with van der Waals surface area (Å²) in [4.78, 5) is 2.27. The lowest BCUT2D eigenvalue weighted by Gasteiger charge is -2.27. The Bertz CT molecular complexity index is 729. The Morgan fingerprint density at radius 3 is 2.38 bits per heavy atom. The molecule has 0 unspecified atom stereocenters. The van der Waals surface area contributed by atoms with E-state index in [2.05, 4.69) is 77.6 Å². The fourth-order valence-corrected chi connectivity index (χ4v) is 2.93. The van der Waals surface area contributed by atoms with Crippen LogP contribution in [0.2, 0.25) is 0 Å². The zero-order valence-electron chi connectivity index (χ0n) is 12.7. The standard InChI is InChI=1S/C18H19N3/c1-13-15-9-5-4-8-14(15)12-21(3)17-11-7-6-10-16(17)18(13)20-19-2/h4-11H,12H2,1-3H3/b18-13+,20-19?. The molecule has 0 atom stereocenters. The fourth-order valence-electron chi connectivity index (χ4n) is 2.93. The van der Waals surface area contributed by atoms with Gasteiger partial charge in [0, 0.05) is 31.9 Å². The highest BCUT2D eigenvalue weighted by Crippen LogP contribution is 2.37. The summed E-state index contributed by atoms with van der Waals surface area (Å²) in [6.07, 6.45) is 0. The quantitative estimate of drug-likeness (QED) is 0.700. The van der Waals surface area contributed by atoms with E-state index in [1.807, 2.05) is 0 Å². The third-order valence-corrected chi connectivity index (χ3v) is 3.95. The number of rotatable bonds is 1. The topological polar surface area (TPSA) is 28.0 Å². The van der Waals surface area contributed by atoms with Crippen molar-refractivity contribution in [2.45, 2.75) is 13.5 Å². The summed E-state index contributed by atoms with van der Waals surface area (Å²) in [5.41, 5.74) is 7.02. The van der Waals surface area contributed by atoms with E-state index in [1.165, 1.54) is 22.4 Å². The molecule has 0 amide bonds. The average Bonchev–Trinajstić information content (AvgIpc) is 2.51. The molecule has 3 heteroatoms. The first-order chi connectivity index (χ1) is 10.2. The van der Waals surface area contributed by atoms with Gasteiger partial charge in [0.25, 0.3) is 0 Å². The van der Waals surface area contributed by atoms with Crippen molar-refractivity contribution in [3.63, 3.8) is 0 Å². The predicted molar refractivity (Wildman–Crippen MR) is 88.3 cm³/mol. The molecule has 2 aromatic rings. The molecule has 0 fully saturated rings. The van der Waals surface area contributed by atoms with Crippen LogP contribution in [0, 0.1) is 0 Å². The van der Waals surface area contributed by atoms with E-state index in [9.17, 15) is 0 Å². The van der Waals surface area contributed by atoms with E-state index in [4.69, 9.17) is 0 Å². The second-order valence-electron chi connectivity index (χ2n) is 5.30.